The monoisotopic (exact) mass is 359 g/mol. The van der Waals surface area contributed by atoms with Gasteiger partial charge in [-0.3, -0.25) is 29.4 Å². The third-order valence-electron chi connectivity index (χ3n) is 4.54. The Balaban J connectivity index is 2.23. The Morgan fingerprint density at radius 3 is 2.58 bits per heavy atom. The lowest BCUT2D eigenvalue weighted by Gasteiger charge is -2.28. The van der Waals surface area contributed by atoms with Crippen molar-refractivity contribution in [2.75, 3.05) is 6.54 Å². The summed E-state index contributed by atoms with van der Waals surface area (Å²) >= 11 is 0. The molecule has 26 heavy (non-hydrogen) atoms. The molecule has 7 heteroatoms. The molecule has 0 bridgehead atoms. The van der Waals surface area contributed by atoms with E-state index < -0.39 is 29.7 Å². The average Bonchev–Trinajstić information content (AvgIpc) is 2.83. The lowest BCUT2D eigenvalue weighted by atomic mass is 9.97. The van der Waals surface area contributed by atoms with Crippen molar-refractivity contribution in [2.45, 2.75) is 51.5 Å². The highest BCUT2D eigenvalue weighted by atomic mass is 16.2. The molecule has 2 rings (SSSR count). The molecule has 0 saturated carbocycles. The third kappa shape index (κ3) is 3.99. The minimum atomic E-state index is -0.963. The van der Waals surface area contributed by atoms with Crippen molar-refractivity contribution in [1.82, 2.24) is 10.2 Å². The molecule has 0 aromatic heterocycles. The molecular weight excluding hydrogens is 334 g/mol. The fourth-order valence-corrected chi connectivity index (χ4v) is 3.22. The first kappa shape index (κ1) is 19.8. The number of amides is 4. The van der Waals surface area contributed by atoms with E-state index >= 15 is 0 Å². The van der Waals surface area contributed by atoms with Crippen molar-refractivity contribution >= 4 is 23.6 Å². The maximum absolute atomic E-state index is 12.9. The summed E-state index contributed by atoms with van der Waals surface area (Å²) in [6.07, 6.45) is 6.71. The number of carbonyl (C=O) groups is 4. The number of allylic oxidation sites excluding steroid dienone is 1. The van der Waals surface area contributed by atoms with Crippen molar-refractivity contribution in [3.8, 4) is 0 Å². The maximum atomic E-state index is 12.9. The van der Waals surface area contributed by atoms with Gasteiger partial charge in [-0.1, -0.05) is 25.2 Å². The zero-order chi connectivity index (χ0) is 19.3. The molecule has 2 aliphatic rings. The van der Waals surface area contributed by atoms with E-state index in [0.29, 0.717) is 18.5 Å². The van der Waals surface area contributed by atoms with Crippen LogP contribution in [-0.2, 0) is 19.2 Å². The van der Waals surface area contributed by atoms with Crippen LogP contribution in [0.25, 0.3) is 0 Å². The minimum absolute atomic E-state index is 0.0990. The molecule has 0 radical (unpaired) electrons. The molecule has 1 atom stereocenters. The summed E-state index contributed by atoms with van der Waals surface area (Å²) in [5.74, 6) is -2.03. The summed E-state index contributed by atoms with van der Waals surface area (Å²) in [7, 11) is 0. The average molecular weight is 359 g/mol. The first-order chi connectivity index (χ1) is 12.4. The second-order valence-electron chi connectivity index (χ2n) is 6.44. The molecule has 1 saturated heterocycles. The number of hydrogen-bond acceptors (Lipinski definition) is 5. The van der Waals surface area contributed by atoms with E-state index in [1.807, 2.05) is 0 Å². The molecule has 7 nitrogen and oxygen atoms in total. The van der Waals surface area contributed by atoms with Crippen LogP contribution in [0.5, 0.6) is 0 Å². The minimum Gasteiger partial charge on any atom is -0.330 e. The molecular formula is C19H25N3O4. The number of nitrogens with zero attached hydrogens (tertiary/aromatic N) is 1. The van der Waals surface area contributed by atoms with Gasteiger partial charge in [0, 0.05) is 6.42 Å². The molecule has 0 aliphatic carbocycles. The number of unbranched alkanes of at least 4 members (excludes halogenated alkanes) is 2. The number of imide groups is 2. The molecule has 2 aliphatic heterocycles. The Morgan fingerprint density at radius 2 is 1.96 bits per heavy atom. The number of hydrogen-bond donors (Lipinski definition) is 2. The fraction of sp³-hybridized carbons (Fsp3) is 0.474. The molecule has 4 amide bonds. The molecule has 2 heterocycles. The zero-order valence-electron chi connectivity index (χ0n) is 15.0. The zero-order valence-corrected chi connectivity index (χ0v) is 15.0. The van der Waals surface area contributed by atoms with E-state index in [4.69, 9.17) is 5.73 Å². The number of rotatable bonds is 8. The smallest absolute Gasteiger partial charge is 0.262 e. The van der Waals surface area contributed by atoms with E-state index in [1.165, 1.54) is 0 Å². The van der Waals surface area contributed by atoms with E-state index in [1.54, 1.807) is 19.1 Å². The van der Waals surface area contributed by atoms with Gasteiger partial charge in [-0.25, -0.2) is 0 Å². The quantitative estimate of drug-likeness (QED) is 0.498. The Labute approximate surface area is 153 Å². The van der Waals surface area contributed by atoms with Crippen LogP contribution in [0, 0.1) is 0 Å². The van der Waals surface area contributed by atoms with Gasteiger partial charge in [0.1, 0.15) is 6.04 Å². The molecule has 1 unspecified atom stereocenters. The number of piperidine rings is 1. The van der Waals surface area contributed by atoms with Crippen LogP contribution in [-0.4, -0.2) is 41.1 Å². The van der Waals surface area contributed by atoms with Crippen LogP contribution < -0.4 is 11.1 Å². The van der Waals surface area contributed by atoms with Gasteiger partial charge < -0.3 is 5.73 Å². The number of carbonyl (C=O) groups excluding carboxylic acids is 4. The van der Waals surface area contributed by atoms with Crippen LogP contribution in [0.4, 0.5) is 0 Å². The van der Waals surface area contributed by atoms with Crippen molar-refractivity contribution in [2.24, 2.45) is 5.73 Å². The van der Waals surface area contributed by atoms with Crippen LogP contribution in [0.2, 0.25) is 0 Å². The van der Waals surface area contributed by atoms with Gasteiger partial charge in [0.05, 0.1) is 11.1 Å². The van der Waals surface area contributed by atoms with Crippen LogP contribution in [0.3, 0.4) is 0 Å². The molecule has 1 fully saturated rings. The lowest BCUT2D eigenvalue weighted by Crippen LogP contribution is -2.54. The summed E-state index contributed by atoms with van der Waals surface area (Å²) in [5.41, 5.74) is 6.60. The maximum Gasteiger partial charge on any atom is 0.262 e. The van der Waals surface area contributed by atoms with Crippen molar-refractivity contribution in [3.63, 3.8) is 0 Å². The van der Waals surface area contributed by atoms with Crippen LogP contribution in [0.15, 0.2) is 35.5 Å². The molecule has 0 aromatic carbocycles. The molecule has 3 N–H and O–H groups in total. The van der Waals surface area contributed by atoms with Gasteiger partial charge in [-0.05, 0) is 44.7 Å². The molecule has 0 aromatic rings. The highest BCUT2D eigenvalue weighted by Crippen LogP contribution is 2.32. The predicted octanol–water partition coefficient (Wildman–Crippen LogP) is 1.11. The Morgan fingerprint density at radius 1 is 1.23 bits per heavy atom. The van der Waals surface area contributed by atoms with Crippen LogP contribution >= 0.6 is 0 Å². The first-order valence-electron chi connectivity index (χ1n) is 8.89. The SMILES string of the molecule is C=C(CCCCCN)C1=C(/C=C\C)C(=O)N(C2CCC(=O)NC2=O)C1=O. The van der Waals surface area contributed by atoms with E-state index in [2.05, 4.69) is 11.9 Å². The first-order valence-corrected chi connectivity index (χ1v) is 8.89. The summed E-state index contributed by atoms with van der Waals surface area (Å²) < 4.78 is 0. The predicted molar refractivity (Wildman–Crippen MR) is 96.5 cm³/mol. The van der Waals surface area contributed by atoms with Crippen molar-refractivity contribution in [1.29, 1.82) is 0 Å². The highest BCUT2D eigenvalue weighted by Gasteiger charge is 2.45. The van der Waals surface area contributed by atoms with Crippen molar-refractivity contribution in [3.05, 3.63) is 35.5 Å². The molecule has 0 spiro atoms. The van der Waals surface area contributed by atoms with Gasteiger partial charge in [-0.15, -0.1) is 0 Å². The largest absolute Gasteiger partial charge is 0.330 e. The van der Waals surface area contributed by atoms with Gasteiger partial charge in [-0.2, -0.15) is 0 Å². The van der Waals surface area contributed by atoms with E-state index in [0.717, 1.165) is 24.2 Å². The fourth-order valence-electron chi connectivity index (χ4n) is 3.22. The topological polar surface area (TPSA) is 110 Å². The number of nitrogens with one attached hydrogen (secondary N) is 1. The Bertz CT molecular complexity index is 706. The van der Waals surface area contributed by atoms with Gasteiger partial charge in [0.25, 0.3) is 11.8 Å². The normalized spacial score (nSPS) is 21.2. The summed E-state index contributed by atoms with van der Waals surface area (Å²) in [6, 6.07) is -0.963. The second kappa shape index (κ2) is 8.71. The van der Waals surface area contributed by atoms with Gasteiger partial charge >= 0.3 is 0 Å². The van der Waals surface area contributed by atoms with Gasteiger partial charge in [0.2, 0.25) is 11.8 Å². The summed E-state index contributed by atoms with van der Waals surface area (Å²) in [4.78, 5) is 50.2. The lowest BCUT2D eigenvalue weighted by molar-refractivity contribution is -0.149. The second-order valence-corrected chi connectivity index (χ2v) is 6.44. The van der Waals surface area contributed by atoms with Gasteiger partial charge in [0.15, 0.2) is 0 Å². The summed E-state index contributed by atoms with van der Waals surface area (Å²) in [6.45, 7) is 6.35. The standard InChI is InChI=1S/C19H25N3O4/c1-3-7-13-16(12(2)8-5-4-6-11-20)19(26)22(18(13)25)14-9-10-15(23)21-17(14)24/h3,7,14H,2,4-6,8-11,20H2,1H3,(H,21,23,24)/b7-3-. The van der Waals surface area contributed by atoms with E-state index in [-0.39, 0.29) is 24.0 Å². The van der Waals surface area contributed by atoms with E-state index in [9.17, 15) is 19.2 Å². The van der Waals surface area contributed by atoms with Crippen LogP contribution in [0.1, 0.15) is 45.4 Å². The Hall–Kier alpha value is -2.54. The highest BCUT2D eigenvalue weighted by molar-refractivity contribution is 6.24. The molecule has 140 valence electrons. The Kier molecular flexibility index (Phi) is 6.63. The third-order valence-corrected chi connectivity index (χ3v) is 4.54. The van der Waals surface area contributed by atoms with Crippen molar-refractivity contribution < 1.29 is 19.2 Å². The number of nitrogens with two attached hydrogens (primary N) is 1. The summed E-state index contributed by atoms with van der Waals surface area (Å²) in [5, 5.41) is 2.19.